The van der Waals surface area contributed by atoms with Gasteiger partial charge in [-0.3, -0.25) is 0 Å². The predicted molar refractivity (Wildman–Crippen MR) is 211 cm³/mol. The molecule has 3 heterocycles. The van der Waals surface area contributed by atoms with Crippen molar-refractivity contribution in [3.8, 4) is 79.2 Å². The number of hydrogen-bond acceptors (Lipinski definition) is 5. The van der Waals surface area contributed by atoms with Crippen LogP contribution in [0, 0.1) is 0 Å². The van der Waals surface area contributed by atoms with E-state index in [1.807, 2.05) is 84.9 Å². The van der Waals surface area contributed by atoms with E-state index < -0.39 is 0 Å². The number of nitrogens with zero attached hydrogens (tertiary/aromatic N) is 5. The summed E-state index contributed by atoms with van der Waals surface area (Å²) in [6, 6.07) is 64.0. The van der Waals surface area contributed by atoms with Crippen molar-refractivity contribution in [2.24, 2.45) is 0 Å². The van der Waals surface area contributed by atoms with Crippen molar-refractivity contribution in [2.45, 2.75) is 0 Å². The third-order valence-corrected chi connectivity index (χ3v) is 9.13. The molecule has 0 N–H and O–H groups in total. The van der Waals surface area contributed by atoms with Crippen LogP contribution in [0.1, 0.15) is 0 Å². The van der Waals surface area contributed by atoms with Gasteiger partial charge in [-0.25, -0.2) is 24.9 Å². The van der Waals surface area contributed by atoms with Crippen molar-refractivity contribution in [2.75, 3.05) is 0 Å². The molecule has 5 heteroatoms. The molecule has 3 aromatic heterocycles. The number of hydrogen-bond donors (Lipinski definition) is 0. The molecule has 9 aromatic rings. The smallest absolute Gasteiger partial charge is 0.179 e. The van der Waals surface area contributed by atoms with Crippen LogP contribution in [0.15, 0.2) is 188 Å². The zero-order valence-corrected chi connectivity index (χ0v) is 28.1. The van der Waals surface area contributed by atoms with E-state index in [1.165, 1.54) is 16.3 Å². The molecule has 0 amide bonds. The van der Waals surface area contributed by atoms with Crippen molar-refractivity contribution in [1.29, 1.82) is 0 Å². The number of benzene rings is 6. The van der Waals surface area contributed by atoms with Crippen molar-refractivity contribution in [3.63, 3.8) is 0 Å². The summed E-state index contributed by atoms with van der Waals surface area (Å²) in [4.78, 5) is 25.2. The summed E-state index contributed by atoms with van der Waals surface area (Å²) in [6.07, 6.45) is 0. The van der Waals surface area contributed by atoms with E-state index in [2.05, 4.69) is 103 Å². The lowest BCUT2D eigenvalue weighted by atomic mass is 9.99. The first-order valence-corrected chi connectivity index (χ1v) is 17.3. The van der Waals surface area contributed by atoms with Crippen LogP contribution in [0.3, 0.4) is 0 Å². The molecular weight excluding hydrogens is 635 g/mol. The van der Waals surface area contributed by atoms with Crippen molar-refractivity contribution in [3.05, 3.63) is 188 Å². The van der Waals surface area contributed by atoms with E-state index >= 15 is 0 Å². The number of aromatic nitrogens is 5. The molecule has 52 heavy (non-hydrogen) atoms. The third kappa shape index (κ3) is 6.35. The molecule has 6 aromatic carbocycles. The standard InChI is InChI=1S/C47H31N5/c1-4-14-34(15-5-1)42-30-43(35-16-6-2-7-17-35)50-46(49-42)40-21-12-22-41(48-40)47-51-44(36-18-8-3-9-19-36)31-45(52-47)37-26-23-33(24-27-37)39-28-25-32-13-10-11-20-38(32)29-39/h1-31H. The highest BCUT2D eigenvalue weighted by atomic mass is 15.0. The van der Waals surface area contributed by atoms with Gasteiger partial charge >= 0.3 is 0 Å². The molecule has 0 unspecified atom stereocenters. The molecule has 0 saturated heterocycles. The van der Waals surface area contributed by atoms with Gasteiger partial charge in [0.15, 0.2) is 11.6 Å². The van der Waals surface area contributed by atoms with Gasteiger partial charge in [0.25, 0.3) is 0 Å². The molecular formula is C47H31N5. The summed E-state index contributed by atoms with van der Waals surface area (Å²) in [5.41, 5.74) is 10.9. The minimum absolute atomic E-state index is 0.527. The first-order chi connectivity index (χ1) is 25.7. The fraction of sp³-hybridized carbons (Fsp3) is 0. The Hall–Kier alpha value is -7.11. The lowest BCUT2D eigenvalue weighted by Crippen LogP contribution is -2.00. The van der Waals surface area contributed by atoms with Gasteiger partial charge in [0.2, 0.25) is 0 Å². The molecule has 0 bridgehead atoms. The van der Waals surface area contributed by atoms with Gasteiger partial charge < -0.3 is 0 Å². The molecule has 0 aliphatic carbocycles. The van der Waals surface area contributed by atoms with Gasteiger partial charge in [-0.15, -0.1) is 0 Å². The lowest BCUT2D eigenvalue weighted by Gasteiger charge is -2.11. The van der Waals surface area contributed by atoms with Crippen LogP contribution < -0.4 is 0 Å². The Morgan fingerprint density at radius 1 is 0.212 bits per heavy atom. The zero-order chi connectivity index (χ0) is 34.7. The van der Waals surface area contributed by atoms with Crippen LogP contribution in [0.25, 0.3) is 90.0 Å². The van der Waals surface area contributed by atoms with E-state index in [1.54, 1.807) is 0 Å². The highest BCUT2D eigenvalue weighted by Crippen LogP contribution is 2.32. The van der Waals surface area contributed by atoms with E-state index in [9.17, 15) is 0 Å². The second-order valence-corrected chi connectivity index (χ2v) is 12.6. The minimum Gasteiger partial charge on any atom is -0.241 e. The average molecular weight is 666 g/mol. The molecule has 0 atom stereocenters. The number of fused-ring (bicyclic) bond motifs is 1. The number of rotatable bonds is 7. The van der Waals surface area contributed by atoms with E-state index in [-0.39, 0.29) is 0 Å². The third-order valence-electron chi connectivity index (χ3n) is 9.13. The van der Waals surface area contributed by atoms with E-state index in [0.717, 1.165) is 50.6 Å². The Labute approximate surface area is 302 Å². The van der Waals surface area contributed by atoms with E-state index in [0.29, 0.717) is 23.0 Å². The highest BCUT2D eigenvalue weighted by Gasteiger charge is 2.16. The summed E-state index contributed by atoms with van der Waals surface area (Å²) < 4.78 is 0. The molecule has 0 aliphatic heterocycles. The fourth-order valence-electron chi connectivity index (χ4n) is 6.43. The Morgan fingerprint density at radius 2 is 0.596 bits per heavy atom. The molecule has 5 nitrogen and oxygen atoms in total. The van der Waals surface area contributed by atoms with Crippen molar-refractivity contribution >= 4 is 10.8 Å². The molecule has 0 radical (unpaired) electrons. The largest absolute Gasteiger partial charge is 0.241 e. The van der Waals surface area contributed by atoms with Crippen LogP contribution in [-0.2, 0) is 0 Å². The summed E-state index contributed by atoms with van der Waals surface area (Å²) in [5, 5.41) is 2.45. The highest BCUT2D eigenvalue weighted by molar-refractivity contribution is 5.87. The van der Waals surface area contributed by atoms with Gasteiger partial charge in [0, 0.05) is 22.3 Å². The molecule has 0 fully saturated rings. The molecule has 244 valence electrons. The fourth-order valence-corrected chi connectivity index (χ4v) is 6.43. The Morgan fingerprint density at radius 3 is 1.08 bits per heavy atom. The normalized spacial score (nSPS) is 11.1. The second kappa shape index (κ2) is 13.7. The summed E-state index contributed by atoms with van der Waals surface area (Å²) in [6.45, 7) is 0. The number of pyridine rings is 1. The molecule has 0 spiro atoms. The van der Waals surface area contributed by atoms with Crippen LogP contribution in [0.2, 0.25) is 0 Å². The lowest BCUT2D eigenvalue weighted by molar-refractivity contribution is 1.12. The molecule has 9 rings (SSSR count). The van der Waals surface area contributed by atoms with Crippen LogP contribution in [-0.4, -0.2) is 24.9 Å². The van der Waals surface area contributed by atoms with E-state index in [4.69, 9.17) is 24.9 Å². The zero-order valence-electron chi connectivity index (χ0n) is 28.1. The van der Waals surface area contributed by atoms with Crippen LogP contribution >= 0.6 is 0 Å². The average Bonchev–Trinajstić information content (AvgIpc) is 3.24. The van der Waals surface area contributed by atoms with Crippen LogP contribution in [0.5, 0.6) is 0 Å². The quantitative estimate of drug-likeness (QED) is 0.169. The topological polar surface area (TPSA) is 64.5 Å². The predicted octanol–water partition coefficient (Wildman–Crippen LogP) is 11.5. The first-order valence-electron chi connectivity index (χ1n) is 17.3. The monoisotopic (exact) mass is 665 g/mol. The Bertz CT molecular complexity index is 2600. The van der Waals surface area contributed by atoms with Crippen molar-refractivity contribution < 1.29 is 0 Å². The maximum absolute atomic E-state index is 5.09. The van der Waals surface area contributed by atoms with Gasteiger partial charge in [-0.05, 0) is 52.2 Å². The minimum atomic E-state index is 0.527. The van der Waals surface area contributed by atoms with Gasteiger partial charge in [-0.2, -0.15) is 0 Å². The maximum Gasteiger partial charge on any atom is 0.179 e. The van der Waals surface area contributed by atoms with Crippen molar-refractivity contribution in [1.82, 2.24) is 24.9 Å². The summed E-state index contributed by atoms with van der Waals surface area (Å²) in [7, 11) is 0. The Balaban J connectivity index is 1.13. The van der Waals surface area contributed by atoms with Gasteiger partial charge in [-0.1, -0.05) is 158 Å². The molecule has 0 saturated carbocycles. The maximum atomic E-state index is 5.09. The summed E-state index contributed by atoms with van der Waals surface area (Å²) in [5.74, 6) is 1.06. The Kier molecular flexibility index (Phi) is 8.12. The molecule has 0 aliphatic rings. The SMILES string of the molecule is c1ccc(-c2cc(-c3ccccc3)nc(-c3cccc(-c4nc(-c5ccccc5)cc(-c5ccc(-c6ccc7ccccc7c6)cc5)n4)n3)n2)cc1. The first kappa shape index (κ1) is 30.9. The van der Waals surface area contributed by atoms with Gasteiger partial charge in [0.05, 0.1) is 22.8 Å². The second-order valence-electron chi connectivity index (χ2n) is 12.6. The summed E-state index contributed by atoms with van der Waals surface area (Å²) >= 11 is 0. The van der Waals surface area contributed by atoms with Gasteiger partial charge in [0.1, 0.15) is 11.4 Å². The van der Waals surface area contributed by atoms with Crippen LogP contribution in [0.4, 0.5) is 0 Å².